The van der Waals surface area contributed by atoms with Crippen molar-refractivity contribution in [1.82, 2.24) is 9.38 Å². The third kappa shape index (κ3) is 3.88. The smallest absolute Gasteiger partial charge is 0.348 e. The molecule has 0 unspecified atom stereocenters. The van der Waals surface area contributed by atoms with Crippen molar-refractivity contribution < 1.29 is 18.7 Å². The molecule has 2 heterocycles. The van der Waals surface area contributed by atoms with E-state index in [1.807, 2.05) is 0 Å². The van der Waals surface area contributed by atoms with Gasteiger partial charge in [-0.15, -0.1) is 0 Å². The number of esters is 1. The van der Waals surface area contributed by atoms with Crippen molar-refractivity contribution >= 4 is 17.7 Å². The topological polar surface area (TPSA) is 93.7 Å². The monoisotopic (exact) mass is 379 g/mol. The number of nitriles is 1. The molecule has 3 aromatic rings. The van der Waals surface area contributed by atoms with Crippen molar-refractivity contribution in [3.05, 3.63) is 76.0 Å². The minimum atomic E-state index is -0.865. The molecule has 140 valence electrons. The summed E-state index contributed by atoms with van der Waals surface area (Å²) in [6.45, 7) is 1.67. The third-order valence-corrected chi connectivity index (χ3v) is 3.67. The van der Waals surface area contributed by atoms with E-state index in [2.05, 4.69) is 4.98 Å². The lowest BCUT2D eigenvalue weighted by Gasteiger charge is -2.10. The Morgan fingerprint density at radius 1 is 1.29 bits per heavy atom. The van der Waals surface area contributed by atoms with Crippen LogP contribution in [0.15, 0.2) is 59.0 Å². The highest BCUT2D eigenvalue weighted by Gasteiger charge is 2.17. The molecule has 0 aliphatic carbocycles. The van der Waals surface area contributed by atoms with Crippen LogP contribution < -0.4 is 10.3 Å². The lowest BCUT2D eigenvalue weighted by atomic mass is 10.2. The number of fused-ring (bicyclic) bond motifs is 1. The molecule has 3 rings (SSSR count). The molecule has 0 saturated carbocycles. The van der Waals surface area contributed by atoms with Gasteiger partial charge in [-0.05, 0) is 49.4 Å². The molecule has 28 heavy (non-hydrogen) atoms. The zero-order chi connectivity index (χ0) is 20.1. The number of carbonyl (C=O) groups is 1. The second kappa shape index (κ2) is 8.14. The number of halogens is 1. The van der Waals surface area contributed by atoms with Gasteiger partial charge in [0.1, 0.15) is 34.4 Å². The van der Waals surface area contributed by atoms with Crippen LogP contribution in [0.3, 0.4) is 0 Å². The van der Waals surface area contributed by atoms with Crippen molar-refractivity contribution in [1.29, 1.82) is 5.26 Å². The van der Waals surface area contributed by atoms with Crippen LogP contribution in [0.2, 0.25) is 0 Å². The van der Waals surface area contributed by atoms with Crippen LogP contribution in [-0.4, -0.2) is 22.0 Å². The molecule has 0 radical (unpaired) electrons. The molecule has 8 heteroatoms. The lowest BCUT2D eigenvalue weighted by Crippen LogP contribution is -2.19. The van der Waals surface area contributed by atoms with Crippen LogP contribution >= 0.6 is 0 Å². The van der Waals surface area contributed by atoms with Gasteiger partial charge in [-0.2, -0.15) is 10.2 Å². The Balaban J connectivity index is 2.19. The molecule has 0 atom stereocenters. The van der Waals surface area contributed by atoms with Crippen LogP contribution in [0.5, 0.6) is 11.6 Å². The van der Waals surface area contributed by atoms with Gasteiger partial charge in [-0.3, -0.25) is 9.20 Å². The van der Waals surface area contributed by atoms with Gasteiger partial charge in [-0.25, -0.2) is 9.18 Å². The number of hydrogen-bond donors (Lipinski definition) is 0. The number of hydrogen-bond acceptors (Lipinski definition) is 6. The predicted octanol–water partition coefficient (Wildman–Crippen LogP) is 3.10. The van der Waals surface area contributed by atoms with Crippen molar-refractivity contribution in [2.24, 2.45) is 0 Å². The Hall–Kier alpha value is -3.99. The normalized spacial score (nSPS) is 11.1. The van der Waals surface area contributed by atoms with Gasteiger partial charge in [0.15, 0.2) is 0 Å². The molecule has 7 nitrogen and oxygen atoms in total. The summed E-state index contributed by atoms with van der Waals surface area (Å²) in [5.74, 6) is -1.21. The molecule has 0 N–H and O–H groups in total. The number of rotatable bonds is 5. The Kier molecular flexibility index (Phi) is 5.46. The number of pyridine rings is 1. The molecule has 0 spiro atoms. The molecule has 1 aromatic carbocycles. The fraction of sp³-hybridized carbons (Fsp3) is 0.100. The van der Waals surface area contributed by atoms with E-state index >= 15 is 0 Å². The molecule has 0 bridgehead atoms. The highest BCUT2D eigenvalue weighted by atomic mass is 19.1. The summed E-state index contributed by atoms with van der Waals surface area (Å²) in [7, 11) is 0. The van der Waals surface area contributed by atoms with E-state index in [1.165, 1.54) is 34.9 Å². The van der Waals surface area contributed by atoms with Gasteiger partial charge in [-0.1, -0.05) is 6.07 Å². The molecule has 0 aliphatic heterocycles. The summed E-state index contributed by atoms with van der Waals surface area (Å²) in [4.78, 5) is 29.1. The van der Waals surface area contributed by atoms with Crippen LogP contribution in [0.25, 0.3) is 11.7 Å². The molecular weight excluding hydrogens is 365 g/mol. The lowest BCUT2D eigenvalue weighted by molar-refractivity contribution is -0.137. The Labute approximate surface area is 158 Å². The van der Waals surface area contributed by atoms with Crippen LogP contribution in [0, 0.1) is 17.1 Å². The maximum absolute atomic E-state index is 13.1. The fourth-order valence-corrected chi connectivity index (χ4v) is 2.39. The van der Waals surface area contributed by atoms with E-state index in [1.54, 1.807) is 31.2 Å². The van der Waals surface area contributed by atoms with E-state index in [-0.39, 0.29) is 29.4 Å². The van der Waals surface area contributed by atoms with Crippen molar-refractivity contribution in [3.63, 3.8) is 0 Å². The highest BCUT2D eigenvalue weighted by Crippen LogP contribution is 2.24. The molecule has 0 aliphatic rings. The average molecular weight is 379 g/mol. The summed E-state index contributed by atoms with van der Waals surface area (Å²) in [6, 6.07) is 11.8. The van der Waals surface area contributed by atoms with Gasteiger partial charge in [0.05, 0.1) is 6.61 Å². The second-order valence-electron chi connectivity index (χ2n) is 5.51. The van der Waals surface area contributed by atoms with E-state index in [0.717, 1.165) is 6.08 Å². The number of benzene rings is 1. The van der Waals surface area contributed by atoms with Crippen molar-refractivity contribution in [2.75, 3.05) is 6.61 Å². The third-order valence-electron chi connectivity index (χ3n) is 3.67. The standard InChI is InChI=1S/C20H14FN3O4/c1-2-27-20(26)13(12-22)11-16-18(28-15-8-6-14(21)7-9-15)23-17-5-3-4-10-24(17)19(16)25/h3-11H,2H2,1H3/b13-11+. The maximum atomic E-state index is 13.1. The maximum Gasteiger partial charge on any atom is 0.348 e. The summed E-state index contributed by atoms with van der Waals surface area (Å²) in [5.41, 5.74) is -0.727. The first-order valence-corrected chi connectivity index (χ1v) is 8.27. The van der Waals surface area contributed by atoms with Gasteiger partial charge in [0.2, 0.25) is 5.88 Å². The molecule has 0 saturated heterocycles. The Bertz CT molecular complexity index is 1160. The van der Waals surface area contributed by atoms with Gasteiger partial charge in [0.25, 0.3) is 5.56 Å². The SMILES string of the molecule is CCOC(=O)/C(C#N)=C/c1c(Oc2ccc(F)cc2)nc2ccccn2c1=O. The molecule has 2 aromatic heterocycles. The van der Waals surface area contributed by atoms with Crippen LogP contribution in [0.4, 0.5) is 4.39 Å². The van der Waals surface area contributed by atoms with Gasteiger partial charge >= 0.3 is 5.97 Å². The molecular formula is C20H14FN3O4. The molecule has 0 amide bonds. The van der Waals surface area contributed by atoms with Gasteiger partial charge in [0, 0.05) is 6.20 Å². The van der Waals surface area contributed by atoms with E-state index in [9.17, 15) is 19.2 Å². The zero-order valence-electron chi connectivity index (χ0n) is 14.8. The number of aromatic nitrogens is 2. The Morgan fingerprint density at radius 3 is 2.71 bits per heavy atom. The van der Waals surface area contributed by atoms with Crippen LogP contribution in [0.1, 0.15) is 12.5 Å². The summed E-state index contributed by atoms with van der Waals surface area (Å²) >= 11 is 0. The number of ether oxygens (including phenoxy) is 2. The van der Waals surface area contributed by atoms with Gasteiger partial charge < -0.3 is 9.47 Å². The van der Waals surface area contributed by atoms with Crippen molar-refractivity contribution in [3.8, 4) is 17.7 Å². The first kappa shape index (κ1) is 18.8. The van der Waals surface area contributed by atoms with Crippen LogP contribution in [-0.2, 0) is 9.53 Å². The van der Waals surface area contributed by atoms with E-state index in [0.29, 0.717) is 5.65 Å². The quantitative estimate of drug-likeness (QED) is 0.384. The van der Waals surface area contributed by atoms with Crippen molar-refractivity contribution in [2.45, 2.75) is 6.92 Å². The summed E-state index contributed by atoms with van der Waals surface area (Å²) in [5, 5.41) is 9.27. The second-order valence-corrected chi connectivity index (χ2v) is 5.51. The van der Waals surface area contributed by atoms with E-state index < -0.39 is 17.3 Å². The largest absolute Gasteiger partial charge is 0.462 e. The minimum absolute atomic E-state index is 0.0751. The molecule has 0 fully saturated rings. The Morgan fingerprint density at radius 2 is 2.04 bits per heavy atom. The average Bonchev–Trinajstić information content (AvgIpc) is 2.70. The predicted molar refractivity (Wildman–Crippen MR) is 98.2 cm³/mol. The first-order valence-electron chi connectivity index (χ1n) is 8.27. The highest BCUT2D eigenvalue weighted by molar-refractivity contribution is 5.98. The number of carbonyl (C=O) groups excluding carboxylic acids is 1. The number of nitrogens with zero attached hydrogens (tertiary/aromatic N) is 3. The fourth-order valence-electron chi connectivity index (χ4n) is 2.39. The zero-order valence-corrected chi connectivity index (χ0v) is 14.8. The minimum Gasteiger partial charge on any atom is -0.462 e. The summed E-state index contributed by atoms with van der Waals surface area (Å²) < 4.78 is 24.9. The summed E-state index contributed by atoms with van der Waals surface area (Å²) in [6.07, 6.45) is 2.58. The van der Waals surface area contributed by atoms with E-state index in [4.69, 9.17) is 9.47 Å². The first-order chi connectivity index (χ1) is 13.5.